The van der Waals surface area contributed by atoms with Crippen molar-refractivity contribution in [1.29, 1.82) is 0 Å². The van der Waals surface area contributed by atoms with Crippen LogP contribution < -0.4 is 15.2 Å². The highest BCUT2D eigenvalue weighted by molar-refractivity contribution is 6.30. The largest absolute Gasteiger partial charge is 0.497 e. The monoisotopic (exact) mass is 309 g/mol. The summed E-state index contributed by atoms with van der Waals surface area (Å²) in [6.07, 6.45) is 0.657. The van der Waals surface area contributed by atoms with Gasteiger partial charge in [-0.15, -0.1) is 0 Å². The molecule has 0 aliphatic rings. The molecule has 0 unspecified atom stereocenters. The Morgan fingerprint density at radius 3 is 2.67 bits per heavy atom. The Hall–Kier alpha value is -1.78. The summed E-state index contributed by atoms with van der Waals surface area (Å²) in [5.41, 5.74) is 6.94. The topological polar surface area (TPSA) is 44.5 Å². The first-order chi connectivity index (χ1) is 10.1. The average molecular weight is 310 g/mol. The van der Waals surface area contributed by atoms with E-state index in [9.17, 15) is 4.39 Å². The zero-order chi connectivity index (χ0) is 15.2. The average Bonchev–Trinajstić information content (AvgIpc) is 2.49. The summed E-state index contributed by atoms with van der Waals surface area (Å²) in [6, 6.07) is 9.86. The molecular weight excluding hydrogens is 293 g/mol. The third kappa shape index (κ3) is 4.09. The maximum Gasteiger partial charge on any atom is 0.129 e. The molecule has 0 aromatic heterocycles. The predicted octanol–water partition coefficient (Wildman–Crippen LogP) is 3.57. The third-order valence-corrected chi connectivity index (χ3v) is 3.31. The zero-order valence-electron chi connectivity index (χ0n) is 11.7. The van der Waals surface area contributed by atoms with Crippen molar-refractivity contribution in [3.8, 4) is 11.5 Å². The quantitative estimate of drug-likeness (QED) is 0.887. The summed E-state index contributed by atoms with van der Waals surface area (Å²) >= 11 is 5.86. The van der Waals surface area contributed by atoms with Gasteiger partial charge >= 0.3 is 0 Å². The Kier molecular flexibility index (Phi) is 5.42. The van der Waals surface area contributed by atoms with Gasteiger partial charge in [0.2, 0.25) is 0 Å². The van der Waals surface area contributed by atoms with E-state index < -0.39 is 0 Å². The van der Waals surface area contributed by atoms with Crippen LogP contribution in [0.5, 0.6) is 11.5 Å². The fraction of sp³-hybridized carbons (Fsp3) is 0.250. The van der Waals surface area contributed by atoms with E-state index in [4.69, 9.17) is 26.8 Å². The molecular formula is C16H17ClFNO2. The summed E-state index contributed by atoms with van der Waals surface area (Å²) < 4.78 is 24.5. The van der Waals surface area contributed by atoms with Crippen LogP contribution in [0.15, 0.2) is 36.4 Å². The van der Waals surface area contributed by atoms with E-state index in [2.05, 4.69) is 0 Å². The van der Waals surface area contributed by atoms with Crippen molar-refractivity contribution < 1.29 is 13.9 Å². The summed E-state index contributed by atoms with van der Waals surface area (Å²) in [5, 5.41) is 0.479. The van der Waals surface area contributed by atoms with Gasteiger partial charge in [-0.05, 0) is 54.9 Å². The van der Waals surface area contributed by atoms with E-state index in [1.807, 2.05) is 6.07 Å². The molecule has 2 aromatic rings. The summed E-state index contributed by atoms with van der Waals surface area (Å²) in [4.78, 5) is 0. The number of nitrogens with two attached hydrogens (primary N) is 1. The van der Waals surface area contributed by atoms with Gasteiger partial charge in [-0.3, -0.25) is 0 Å². The van der Waals surface area contributed by atoms with Gasteiger partial charge in [0.15, 0.2) is 0 Å². The Labute approximate surface area is 128 Å². The lowest BCUT2D eigenvalue weighted by Crippen LogP contribution is -2.06. The van der Waals surface area contributed by atoms with Gasteiger partial charge in [0.05, 0.1) is 7.11 Å². The second kappa shape index (κ2) is 7.29. The maximum absolute atomic E-state index is 13.7. The van der Waals surface area contributed by atoms with Gasteiger partial charge in [-0.1, -0.05) is 11.6 Å². The molecule has 5 heteroatoms. The molecule has 0 atom stereocenters. The first-order valence-corrected chi connectivity index (χ1v) is 6.95. The zero-order valence-corrected chi connectivity index (χ0v) is 12.5. The van der Waals surface area contributed by atoms with E-state index in [-0.39, 0.29) is 12.4 Å². The van der Waals surface area contributed by atoms with Crippen molar-refractivity contribution in [2.75, 3.05) is 13.7 Å². The molecule has 0 fully saturated rings. The highest BCUT2D eigenvalue weighted by Crippen LogP contribution is 2.26. The molecule has 0 heterocycles. The molecule has 0 aliphatic carbocycles. The molecule has 0 radical (unpaired) electrons. The summed E-state index contributed by atoms with van der Waals surface area (Å²) in [5.74, 6) is 1.06. The van der Waals surface area contributed by atoms with Crippen LogP contribution in [0.1, 0.15) is 11.1 Å². The van der Waals surface area contributed by atoms with Gasteiger partial charge in [-0.2, -0.15) is 0 Å². The minimum absolute atomic E-state index is 0.107. The summed E-state index contributed by atoms with van der Waals surface area (Å²) in [6.45, 7) is 0.603. The van der Waals surface area contributed by atoms with Crippen LogP contribution in [0.2, 0.25) is 5.02 Å². The molecule has 2 rings (SSSR count). The van der Waals surface area contributed by atoms with Crippen LogP contribution in [0.25, 0.3) is 0 Å². The molecule has 0 spiro atoms. The first kappa shape index (κ1) is 15.6. The molecule has 3 nitrogen and oxygen atoms in total. The standard InChI is InChI=1S/C16H17ClFNO2/c1-20-14-3-5-16(11(9-14)6-7-19)21-10-12-8-13(17)2-4-15(12)18/h2-5,8-9H,6-7,10,19H2,1H3. The lowest BCUT2D eigenvalue weighted by Gasteiger charge is -2.13. The second-order valence-electron chi connectivity index (χ2n) is 4.54. The Balaban J connectivity index is 2.17. The molecule has 2 aromatic carbocycles. The molecule has 2 N–H and O–H groups in total. The highest BCUT2D eigenvalue weighted by atomic mass is 35.5. The molecule has 0 bridgehead atoms. The normalized spacial score (nSPS) is 10.5. The Bertz CT molecular complexity index is 619. The predicted molar refractivity (Wildman–Crippen MR) is 81.5 cm³/mol. The van der Waals surface area contributed by atoms with E-state index in [1.54, 1.807) is 25.3 Å². The third-order valence-electron chi connectivity index (χ3n) is 3.07. The van der Waals surface area contributed by atoms with Crippen molar-refractivity contribution in [2.45, 2.75) is 13.0 Å². The Morgan fingerprint density at radius 1 is 1.14 bits per heavy atom. The molecule has 0 aliphatic heterocycles. The minimum atomic E-state index is -0.340. The van der Waals surface area contributed by atoms with Crippen molar-refractivity contribution in [3.63, 3.8) is 0 Å². The van der Waals surface area contributed by atoms with Crippen LogP contribution >= 0.6 is 11.6 Å². The second-order valence-corrected chi connectivity index (χ2v) is 4.97. The molecule has 0 saturated carbocycles. The fourth-order valence-electron chi connectivity index (χ4n) is 1.98. The van der Waals surface area contributed by atoms with Crippen molar-refractivity contribution >= 4 is 11.6 Å². The van der Waals surface area contributed by atoms with Gasteiger partial charge in [0.1, 0.15) is 23.9 Å². The van der Waals surface area contributed by atoms with Crippen LogP contribution in [0, 0.1) is 5.82 Å². The SMILES string of the molecule is COc1ccc(OCc2cc(Cl)ccc2F)c(CCN)c1. The van der Waals surface area contributed by atoms with Gasteiger partial charge in [0, 0.05) is 10.6 Å². The number of ether oxygens (including phenoxy) is 2. The van der Waals surface area contributed by atoms with Crippen molar-refractivity contribution in [1.82, 2.24) is 0 Å². The van der Waals surface area contributed by atoms with E-state index in [0.717, 1.165) is 11.3 Å². The molecule has 0 saturated heterocycles. The summed E-state index contributed by atoms with van der Waals surface area (Å²) in [7, 11) is 1.60. The van der Waals surface area contributed by atoms with Crippen LogP contribution in [0.3, 0.4) is 0 Å². The molecule has 21 heavy (non-hydrogen) atoms. The smallest absolute Gasteiger partial charge is 0.129 e. The first-order valence-electron chi connectivity index (χ1n) is 6.57. The number of benzene rings is 2. The Morgan fingerprint density at radius 2 is 1.95 bits per heavy atom. The van der Waals surface area contributed by atoms with E-state index >= 15 is 0 Å². The number of halogens is 2. The van der Waals surface area contributed by atoms with E-state index in [1.165, 1.54) is 12.1 Å². The number of hydrogen-bond acceptors (Lipinski definition) is 3. The maximum atomic E-state index is 13.7. The number of hydrogen-bond donors (Lipinski definition) is 1. The lowest BCUT2D eigenvalue weighted by atomic mass is 10.1. The van der Waals surface area contributed by atoms with Gasteiger partial charge in [0.25, 0.3) is 0 Å². The van der Waals surface area contributed by atoms with Gasteiger partial charge < -0.3 is 15.2 Å². The van der Waals surface area contributed by atoms with Crippen LogP contribution in [0.4, 0.5) is 4.39 Å². The molecule has 112 valence electrons. The van der Waals surface area contributed by atoms with Gasteiger partial charge in [-0.25, -0.2) is 4.39 Å². The molecule has 0 amide bonds. The lowest BCUT2D eigenvalue weighted by molar-refractivity contribution is 0.296. The minimum Gasteiger partial charge on any atom is -0.497 e. The van der Waals surface area contributed by atoms with Crippen LogP contribution in [-0.2, 0) is 13.0 Å². The van der Waals surface area contributed by atoms with Crippen LogP contribution in [-0.4, -0.2) is 13.7 Å². The highest BCUT2D eigenvalue weighted by Gasteiger charge is 2.08. The van der Waals surface area contributed by atoms with Crippen molar-refractivity contribution in [3.05, 3.63) is 58.4 Å². The number of rotatable bonds is 6. The van der Waals surface area contributed by atoms with E-state index in [0.29, 0.717) is 29.3 Å². The number of methoxy groups -OCH3 is 1. The van der Waals surface area contributed by atoms with Crippen molar-refractivity contribution in [2.24, 2.45) is 5.73 Å². The fourth-order valence-corrected chi connectivity index (χ4v) is 2.18.